The Bertz CT molecular complexity index is 278. The first-order chi connectivity index (χ1) is 5.15. The summed E-state index contributed by atoms with van der Waals surface area (Å²) >= 11 is 11.0. The highest BCUT2D eigenvalue weighted by atomic mass is 35.5. The Morgan fingerprint density at radius 1 is 1.45 bits per heavy atom. The van der Waals surface area contributed by atoms with Crippen molar-refractivity contribution in [2.45, 2.75) is 6.61 Å². The monoisotopic (exact) mass is 193 g/mol. The standard InChI is InChI=1S/C6H5Cl2NO2/c7-4-1-3(2-10)6(11)9-5(4)8/h1,10H,2H2,(H,9,11). The molecule has 0 saturated heterocycles. The van der Waals surface area contributed by atoms with Gasteiger partial charge in [-0.15, -0.1) is 0 Å². The Morgan fingerprint density at radius 3 is 2.64 bits per heavy atom. The minimum atomic E-state index is -0.310. The van der Waals surface area contributed by atoms with E-state index in [9.17, 15) is 0 Å². The lowest BCUT2D eigenvalue weighted by molar-refractivity contribution is 0.274. The van der Waals surface area contributed by atoms with Crippen LogP contribution in [0.25, 0.3) is 0 Å². The number of aliphatic hydroxyl groups excluding tert-OH is 1. The van der Waals surface area contributed by atoms with Crippen LogP contribution < -0.4 is 0 Å². The third kappa shape index (κ3) is 1.74. The van der Waals surface area contributed by atoms with E-state index >= 15 is 0 Å². The van der Waals surface area contributed by atoms with Crippen LogP contribution in [0.4, 0.5) is 0 Å². The second-order valence-corrected chi connectivity index (χ2v) is 2.67. The van der Waals surface area contributed by atoms with Gasteiger partial charge in [0.2, 0.25) is 5.88 Å². The van der Waals surface area contributed by atoms with Crippen LogP contribution in [0, 0.1) is 0 Å². The second-order valence-electron chi connectivity index (χ2n) is 1.90. The zero-order chi connectivity index (χ0) is 8.43. The van der Waals surface area contributed by atoms with E-state index in [-0.39, 0.29) is 28.2 Å². The summed E-state index contributed by atoms with van der Waals surface area (Å²) in [5.41, 5.74) is 0.263. The molecule has 0 amide bonds. The summed E-state index contributed by atoms with van der Waals surface area (Å²) in [6, 6.07) is 1.37. The summed E-state index contributed by atoms with van der Waals surface area (Å²) < 4.78 is 0. The van der Waals surface area contributed by atoms with Crippen molar-refractivity contribution in [2.24, 2.45) is 0 Å². The molecule has 1 aromatic rings. The minimum absolute atomic E-state index is 0.0290. The molecule has 2 N–H and O–H groups in total. The Morgan fingerprint density at radius 2 is 2.09 bits per heavy atom. The molecule has 1 heterocycles. The van der Waals surface area contributed by atoms with E-state index in [4.69, 9.17) is 33.4 Å². The number of hydrogen-bond acceptors (Lipinski definition) is 3. The van der Waals surface area contributed by atoms with Gasteiger partial charge in [-0.25, -0.2) is 0 Å². The molecule has 0 aliphatic rings. The van der Waals surface area contributed by atoms with Crippen LogP contribution in [0.2, 0.25) is 10.2 Å². The van der Waals surface area contributed by atoms with Gasteiger partial charge in [-0.2, -0.15) is 4.98 Å². The fraction of sp³-hybridized carbons (Fsp3) is 0.167. The van der Waals surface area contributed by atoms with Crippen molar-refractivity contribution in [1.82, 2.24) is 4.98 Å². The van der Waals surface area contributed by atoms with Gasteiger partial charge in [0, 0.05) is 5.56 Å². The summed E-state index contributed by atoms with van der Waals surface area (Å²) in [5, 5.41) is 17.9. The molecule has 5 heteroatoms. The summed E-state index contributed by atoms with van der Waals surface area (Å²) in [6.07, 6.45) is 0. The van der Waals surface area contributed by atoms with E-state index in [0.29, 0.717) is 0 Å². The van der Waals surface area contributed by atoms with Crippen LogP contribution in [0.15, 0.2) is 6.07 Å². The molecule has 0 aromatic carbocycles. The van der Waals surface area contributed by atoms with Gasteiger partial charge in [0.05, 0.1) is 11.6 Å². The predicted octanol–water partition coefficient (Wildman–Crippen LogP) is 1.59. The molecule has 3 nitrogen and oxygen atoms in total. The predicted molar refractivity (Wildman–Crippen MR) is 41.8 cm³/mol. The maximum atomic E-state index is 9.00. The van der Waals surface area contributed by atoms with Crippen LogP contribution in [0.5, 0.6) is 5.88 Å². The summed E-state index contributed by atoms with van der Waals surface area (Å²) in [7, 11) is 0. The van der Waals surface area contributed by atoms with Gasteiger partial charge in [-0.05, 0) is 6.07 Å². The average molecular weight is 194 g/mol. The zero-order valence-corrected chi connectivity index (χ0v) is 6.89. The number of aromatic nitrogens is 1. The molecule has 60 valence electrons. The average Bonchev–Trinajstić information content (AvgIpc) is 1.97. The molecule has 0 unspecified atom stereocenters. The van der Waals surface area contributed by atoms with Crippen molar-refractivity contribution in [3.8, 4) is 5.88 Å². The first-order valence-corrected chi connectivity index (χ1v) is 3.55. The number of pyridine rings is 1. The van der Waals surface area contributed by atoms with Gasteiger partial charge in [0.1, 0.15) is 0 Å². The molecule has 1 aromatic heterocycles. The number of aliphatic hydroxyl groups is 1. The lowest BCUT2D eigenvalue weighted by Crippen LogP contribution is -1.88. The van der Waals surface area contributed by atoms with Gasteiger partial charge < -0.3 is 10.2 Å². The molecule has 0 atom stereocenters. The lowest BCUT2D eigenvalue weighted by atomic mass is 10.3. The number of aromatic hydroxyl groups is 1. The highest BCUT2D eigenvalue weighted by molar-refractivity contribution is 6.41. The maximum absolute atomic E-state index is 9.00. The van der Waals surface area contributed by atoms with E-state index in [2.05, 4.69) is 4.98 Å². The zero-order valence-electron chi connectivity index (χ0n) is 5.38. The van der Waals surface area contributed by atoms with E-state index in [1.165, 1.54) is 6.07 Å². The Hall–Kier alpha value is -0.510. The smallest absolute Gasteiger partial charge is 0.217 e. The highest BCUT2D eigenvalue weighted by Crippen LogP contribution is 2.25. The van der Waals surface area contributed by atoms with Crippen LogP contribution in [-0.2, 0) is 6.61 Å². The fourth-order valence-electron chi connectivity index (χ4n) is 0.612. The lowest BCUT2D eigenvalue weighted by Gasteiger charge is -2.00. The molecule has 0 radical (unpaired) electrons. The Labute approximate surface area is 73.2 Å². The molecule has 11 heavy (non-hydrogen) atoms. The molecular formula is C6H5Cl2NO2. The SMILES string of the molecule is OCc1cc(Cl)c(Cl)nc1O. The first kappa shape index (κ1) is 8.59. The molecule has 0 saturated carbocycles. The quantitative estimate of drug-likeness (QED) is 0.667. The molecule has 0 aliphatic carbocycles. The first-order valence-electron chi connectivity index (χ1n) is 2.80. The van der Waals surface area contributed by atoms with Crippen LogP contribution in [0.3, 0.4) is 0 Å². The topological polar surface area (TPSA) is 53.4 Å². The van der Waals surface area contributed by atoms with E-state index < -0.39 is 0 Å². The maximum Gasteiger partial charge on any atom is 0.217 e. The molecule has 0 bridgehead atoms. The third-order valence-corrected chi connectivity index (χ3v) is 1.83. The van der Waals surface area contributed by atoms with Crippen LogP contribution in [0.1, 0.15) is 5.56 Å². The largest absolute Gasteiger partial charge is 0.493 e. The van der Waals surface area contributed by atoms with Gasteiger partial charge in [-0.3, -0.25) is 0 Å². The van der Waals surface area contributed by atoms with Crippen molar-refractivity contribution >= 4 is 23.2 Å². The molecule has 0 aliphatic heterocycles. The van der Waals surface area contributed by atoms with E-state index in [1.54, 1.807) is 0 Å². The van der Waals surface area contributed by atoms with Crippen LogP contribution in [-0.4, -0.2) is 15.2 Å². The Kier molecular flexibility index (Phi) is 2.54. The van der Waals surface area contributed by atoms with Gasteiger partial charge in [-0.1, -0.05) is 23.2 Å². The molecule has 0 spiro atoms. The van der Waals surface area contributed by atoms with Crippen LogP contribution >= 0.6 is 23.2 Å². The molecule has 1 rings (SSSR count). The van der Waals surface area contributed by atoms with E-state index in [1.807, 2.05) is 0 Å². The fourth-order valence-corrected chi connectivity index (χ4v) is 0.920. The second kappa shape index (κ2) is 3.26. The van der Waals surface area contributed by atoms with Crippen molar-refractivity contribution in [3.63, 3.8) is 0 Å². The van der Waals surface area contributed by atoms with Crippen molar-refractivity contribution in [2.75, 3.05) is 0 Å². The third-order valence-electron chi connectivity index (χ3n) is 1.16. The Balaban J connectivity index is 3.21. The summed E-state index contributed by atoms with van der Waals surface area (Å²) in [4.78, 5) is 3.47. The molecular weight excluding hydrogens is 189 g/mol. The van der Waals surface area contributed by atoms with Crippen molar-refractivity contribution in [3.05, 3.63) is 21.8 Å². The van der Waals surface area contributed by atoms with E-state index in [0.717, 1.165) is 0 Å². The summed E-state index contributed by atoms with van der Waals surface area (Å²) in [5.74, 6) is -0.290. The number of halogens is 2. The molecule has 0 fully saturated rings. The normalized spacial score (nSPS) is 10.1. The summed E-state index contributed by atoms with van der Waals surface area (Å²) in [6.45, 7) is -0.310. The van der Waals surface area contributed by atoms with Gasteiger partial charge in [0.15, 0.2) is 5.15 Å². The minimum Gasteiger partial charge on any atom is -0.493 e. The van der Waals surface area contributed by atoms with Crippen molar-refractivity contribution in [1.29, 1.82) is 0 Å². The number of rotatable bonds is 1. The highest BCUT2D eigenvalue weighted by Gasteiger charge is 2.06. The number of nitrogens with zero attached hydrogens (tertiary/aromatic N) is 1. The van der Waals surface area contributed by atoms with Gasteiger partial charge >= 0.3 is 0 Å². The van der Waals surface area contributed by atoms with Crippen molar-refractivity contribution < 1.29 is 10.2 Å². The number of hydrogen-bond donors (Lipinski definition) is 2. The van der Waals surface area contributed by atoms with Gasteiger partial charge in [0.25, 0.3) is 0 Å².